The lowest BCUT2D eigenvalue weighted by atomic mass is 9.89. The molecule has 0 aromatic heterocycles. The Balaban J connectivity index is 2.40. The van der Waals surface area contributed by atoms with Crippen molar-refractivity contribution in [2.45, 2.75) is 95.6 Å². The first-order chi connectivity index (χ1) is 13.4. The minimum atomic E-state index is -5.71. The van der Waals surface area contributed by atoms with E-state index in [2.05, 4.69) is 0 Å². The van der Waals surface area contributed by atoms with E-state index in [4.69, 9.17) is 9.47 Å². The Hall–Kier alpha value is -1.28. The predicted molar refractivity (Wildman–Crippen MR) is 97.4 cm³/mol. The fraction of sp³-hybridized carbons (Fsp3) is 0.714. The molecular weight excluding hydrogens is 398 g/mol. The van der Waals surface area contributed by atoms with Crippen molar-refractivity contribution >= 4 is 0 Å². The summed E-state index contributed by atoms with van der Waals surface area (Å²) in [4.78, 5) is 0. The maximum Gasteiger partial charge on any atom is 0.430 e. The van der Waals surface area contributed by atoms with Crippen LogP contribution in [-0.4, -0.2) is 24.7 Å². The van der Waals surface area contributed by atoms with Crippen molar-refractivity contribution in [2.24, 2.45) is 0 Å². The molecule has 1 saturated carbocycles. The van der Waals surface area contributed by atoms with E-state index in [1.54, 1.807) is 0 Å². The van der Waals surface area contributed by atoms with Crippen molar-refractivity contribution in [3.05, 3.63) is 35.4 Å². The summed E-state index contributed by atoms with van der Waals surface area (Å²) in [5, 5.41) is 0. The summed E-state index contributed by atoms with van der Waals surface area (Å²) in [5.74, 6) is 0.0182. The van der Waals surface area contributed by atoms with Crippen LogP contribution in [0.3, 0.4) is 0 Å². The molecule has 1 aliphatic rings. The highest BCUT2D eigenvalue weighted by Gasteiger charge is 2.74. The van der Waals surface area contributed by atoms with Gasteiger partial charge in [0.05, 0.1) is 6.10 Å². The van der Waals surface area contributed by atoms with Gasteiger partial charge in [0, 0.05) is 5.56 Å². The van der Waals surface area contributed by atoms with Gasteiger partial charge in [0.1, 0.15) is 0 Å². The van der Waals surface area contributed by atoms with Crippen LogP contribution in [-0.2, 0) is 15.1 Å². The minimum absolute atomic E-state index is 0.0182. The number of ether oxygens (including phenoxy) is 2. The highest BCUT2D eigenvalue weighted by atomic mass is 19.4. The fourth-order valence-corrected chi connectivity index (χ4v) is 3.72. The molecule has 0 spiro atoms. The number of hydrogen-bond donors (Lipinski definition) is 0. The van der Waals surface area contributed by atoms with Crippen molar-refractivity contribution in [2.75, 3.05) is 0 Å². The average Bonchev–Trinajstić information content (AvgIpc) is 2.64. The average molecular weight is 426 g/mol. The summed E-state index contributed by atoms with van der Waals surface area (Å²) in [6.07, 6.45) is -8.94. The number of benzene rings is 1. The summed E-state index contributed by atoms with van der Waals surface area (Å²) >= 11 is 0. The lowest BCUT2D eigenvalue weighted by Gasteiger charge is -2.40. The van der Waals surface area contributed by atoms with Crippen LogP contribution in [0.4, 0.5) is 26.3 Å². The molecule has 1 fully saturated rings. The van der Waals surface area contributed by atoms with Gasteiger partial charge in [-0.2, -0.15) is 26.3 Å². The van der Waals surface area contributed by atoms with Gasteiger partial charge in [0.15, 0.2) is 6.29 Å². The first-order valence-electron chi connectivity index (χ1n) is 9.99. The van der Waals surface area contributed by atoms with E-state index < -0.39 is 35.9 Å². The molecule has 2 rings (SSSR count). The Labute approximate surface area is 167 Å². The number of alkyl halides is 6. The van der Waals surface area contributed by atoms with Crippen LogP contribution >= 0.6 is 0 Å². The quantitative estimate of drug-likeness (QED) is 0.338. The van der Waals surface area contributed by atoms with E-state index >= 15 is 0 Å². The molecule has 1 aliphatic carbocycles. The van der Waals surface area contributed by atoms with Crippen molar-refractivity contribution in [1.82, 2.24) is 0 Å². The van der Waals surface area contributed by atoms with Gasteiger partial charge in [-0.3, -0.25) is 0 Å². The van der Waals surface area contributed by atoms with Crippen LogP contribution in [0.5, 0.6) is 0 Å². The van der Waals surface area contributed by atoms with E-state index in [0.717, 1.165) is 38.3 Å². The van der Waals surface area contributed by atoms with Crippen LogP contribution in [0.1, 0.15) is 76.3 Å². The molecule has 8 heteroatoms. The highest BCUT2D eigenvalue weighted by Crippen LogP contribution is 2.53. The van der Waals surface area contributed by atoms with Crippen molar-refractivity contribution in [3.8, 4) is 0 Å². The smallest absolute Gasteiger partial charge is 0.350 e. The highest BCUT2D eigenvalue weighted by molar-refractivity contribution is 5.32. The molecule has 166 valence electrons. The first-order valence-corrected chi connectivity index (χ1v) is 9.99. The molecule has 0 amide bonds. The van der Waals surface area contributed by atoms with E-state index in [1.165, 1.54) is 12.1 Å². The van der Waals surface area contributed by atoms with Crippen molar-refractivity contribution in [1.29, 1.82) is 0 Å². The number of rotatable bonds is 7. The second-order valence-electron chi connectivity index (χ2n) is 7.69. The normalized spacial score (nSPS) is 19.2. The van der Waals surface area contributed by atoms with Crippen LogP contribution in [0.15, 0.2) is 24.3 Å². The van der Waals surface area contributed by atoms with Gasteiger partial charge in [-0.05, 0) is 37.7 Å². The molecule has 2 nitrogen and oxygen atoms in total. The predicted octanol–water partition coefficient (Wildman–Crippen LogP) is 7.23. The summed E-state index contributed by atoms with van der Waals surface area (Å²) < 4.78 is 93.6. The van der Waals surface area contributed by atoms with E-state index in [0.29, 0.717) is 24.8 Å². The molecule has 0 bridgehead atoms. The molecule has 0 radical (unpaired) electrons. The van der Waals surface area contributed by atoms with Gasteiger partial charge in [-0.15, -0.1) is 0 Å². The Morgan fingerprint density at radius 2 is 1.41 bits per heavy atom. The van der Waals surface area contributed by atoms with Crippen LogP contribution < -0.4 is 0 Å². The van der Waals surface area contributed by atoms with Gasteiger partial charge < -0.3 is 9.47 Å². The molecular formula is C21H28F6O2. The van der Waals surface area contributed by atoms with Crippen LogP contribution in [0.2, 0.25) is 0 Å². The fourth-order valence-electron chi connectivity index (χ4n) is 3.72. The van der Waals surface area contributed by atoms with Gasteiger partial charge in [0.25, 0.3) is 5.60 Å². The van der Waals surface area contributed by atoms with Crippen LogP contribution in [0.25, 0.3) is 0 Å². The zero-order valence-corrected chi connectivity index (χ0v) is 16.9. The summed E-state index contributed by atoms with van der Waals surface area (Å²) in [5.41, 5.74) is -4.79. The van der Waals surface area contributed by atoms with Gasteiger partial charge in [-0.1, -0.05) is 57.4 Å². The van der Waals surface area contributed by atoms with Gasteiger partial charge in [0.2, 0.25) is 0 Å². The summed E-state index contributed by atoms with van der Waals surface area (Å²) in [6.45, 7) is 4.84. The number of halogens is 6. The molecule has 1 aromatic carbocycles. The molecule has 1 aromatic rings. The summed E-state index contributed by atoms with van der Waals surface area (Å²) in [6, 6.07) is 4.31. The Bertz CT molecular complexity index is 618. The topological polar surface area (TPSA) is 18.5 Å². The van der Waals surface area contributed by atoms with Gasteiger partial charge in [-0.25, -0.2) is 0 Å². The van der Waals surface area contributed by atoms with Gasteiger partial charge >= 0.3 is 12.4 Å². The third kappa shape index (κ3) is 5.26. The second-order valence-corrected chi connectivity index (χ2v) is 7.69. The molecule has 0 aliphatic heterocycles. The van der Waals surface area contributed by atoms with E-state index in [9.17, 15) is 26.3 Å². The lowest BCUT2D eigenvalue weighted by Crippen LogP contribution is -2.57. The number of hydrogen-bond acceptors (Lipinski definition) is 2. The summed E-state index contributed by atoms with van der Waals surface area (Å²) in [7, 11) is 0. The second kappa shape index (κ2) is 9.25. The molecule has 2 atom stereocenters. The lowest BCUT2D eigenvalue weighted by molar-refractivity contribution is -0.418. The third-order valence-corrected chi connectivity index (χ3v) is 5.58. The zero-order valence-electron chi connectivity index (χ0n) is 16.9. The zero-order chi connectivity index (χ0) is 21.9. The Morgan fingerprint density at radius 1 is 0.897 bits per heavy atom. The van der Waals surface area contributed by atoms with Crippen molar-refractivity contribution < 1.29 is 35.8 Å². The third-order valence-electron chi connectivity index (χ3n) is 5.58. The maximum atomic E-state index is 13.9. The molecule has 0 heterocycles. The largest absolute Gasteiger partial charge is 0.430 e. The van der Waals surface area contributed by atoms with E-state index in [-0.39, 0.29) is 5.92 Å². The Kier molecular flexibility index (Phi) is 7.65. The first kappa shape index (κ1) is 24.0. The maximum absolute atomic E-state index is 13.9. The van der Waals surface area contributed by atoms with Crippen LogP contribution in [0, 0.1) is 0 Å². The molecule has 0 saturated heterocycles. The molecule has 0 N–H and O–H groups in total. The molecule has 29 heavy (non-hydrogen) atoms. The monoisotopic (exact) mass is 426 g/mol. The van der Waals surface area contributed by atoms with E-state index in [1.807, 2.05) is 13.8 Å². The minimum Gasteiger partial charge on any atom is -0.350 e. The molecule has 2 unspecified atom stereocenters. The van der Waals surface area contributed by atoms with Crippen molar-refractivity contribution in [3.63, 3.8) is 0 Å². The SMILES string of the molecule is CCC(C)c1ccc(C(OC(C)OC2CCCCC2)(C(F)(F)F)C(F)(F)F)cc1. The Morgan fingerprint density at radius 3 is 1.86 bits per heavy atom. The standard InChI is InChI=1S/C21H28F6O2/c1-4-14(2)16-10-12-17(13-11-16)19(20(22,23)24,21(25,26)27)29-15(3)28-18-8-6-5-7-9-18/h10-15,18H,4-9H2,1-3H3.